The van der Waals surface area contributed by atoms with Crippen molar-refractivity contribution in [3.8, 4) is 0 Å². The number of thiophene rings is 1. The van der Waals surface area contributed by atoms with Gasteiger partial charge < -0.3 is 4.90 Å². The predicted octanol–water partition coefficient (Wildman–Crippen LogP) is 2.60. The van der Waals surface area contributed by atoms with E-state index in [1.54, 1.807) is 12.1 Å². The molecule has 3 rings (SSSR count). The Balaban J connectivity index is 1.59. The molecule has 1 amide bonds. The summed E-state index contributed by atoms with van der Waals surface area (Å²) in [6.45, 7) is 9.87. The molecule has 2 aliphatic rings. The quantitative estimate of drug-likeness (QED) is 0.732. The molecule has 2 saturated heterocycles. The fourth-order valence-electron chi connectivity index (χ4n) is 4.16. The third-order valence-electron chi connectivity index (χ3n) is 5.50. The number of likely N-dealkylation sites (tertiary alicyclic amines) is 1. The van der Waals surface area contributed by atoms with Gasteiger partial charge in [0.25, 0.3) is 10.0 Å². The van der Waals surface area contributed by atoms with Crippen molar-refractivity contribution in [1.82, 2.24) is 14.1 Å². The average Bonchev–Trinajstić information content (AvgIpc) is 3.07. The van der Waals surface area contributed by atoms with E-state index in [9.17, 15) is 13.2 Å². The van der Waals surface area contributed by atoms with Gasteiger partial charge in [0, 0.05) is 39.3 Å². The van der Waals surface area contributed by atoms with Crippen molar-refractivity contribution in [3.63, 3.8) is 0 Å². The first-order valence-electron chi connectivity index (χ1n) is 9.46. The van der Waals surface area contributed by atoms with Gasteiger partial charge in [0.1, 0.15) is 4.21 Å². The number of carbonyl (C=O) groups excluding carboxylic acids is 1. The first kappa shape index (κ1) is 21.0. The van der Waals surface area contributed by atoms with E-state index in [-0.39, 0.29) is 16.2 Å². The lowest BCUT2D eigenvalue weighted by atomic mass is 9.91. The number of piperazine rings is 1. The van der Waals surface area contributed by atoms with Crippen molar-refractivity contribution >= 4 is 38.9 Å². The third kappa shape index (κ3) is 4.67. The van der Waals surface area contributed by atoms with Crippen molar-refractivity contribution in [2.75, 3.05) is 39.3 Å². The first-order chi connectivity index (χ1) is 12.7. The van der Waals surface area contributed by atoms with E-state index in [0.717, 1.165) is 24.4 Å². The number of hydrogen-bond donors (Lipinski definition) is 0. The largest absolute Gasteiger partial charge is 0.341 e. The monoisotopic (exact) mass is 433 g/mol. The van der Waals surface area contributed by atoms with E-state index >= 15 is 0 Å². The highest BCUT2D eigenvalue weighted by Gasteiger charge is 2.35. The molecule has 6 nitrogen and oxygen atoms in total. The van der Waals surface area contributed by atoms with Crippen LogP contribution in [0.1, 0.15) is 27.2 Å². The molecule has 0 radical (unpaired) electrons. The van der Waals surface area contributed by atoms with Crippen LogP contribution < -0.4 is 0 Å². The lowest BCUT2D eigenvalue weighted by Gasteiger charge is -2.41. The Morgan fingerprint density at radius 3 is 2.26 bits per heavy atom. The maximum atomic E-state index is 12.9. The summed E-state index contributed by atoms with van der Waals surface area (Å²) in [7, 11) is -3.50. The normalized spacial score (nSPS) is 26.9. The molecule has 3 atom stereocenters. The minimum absolute atomic E-state index is 0.162. The Morgan fingerprint density at radius 1 is 1.15 bits per heavy atom. The lowest BCUT2D eigenvalue weighted by Crippen LogP contribution is -2.56. The van der Waals surface area contributed by atoms with Crippen LogP contribution in [0.25, 0.3) is 0 Å². The summed E-state index contributed by atoms with van der Waals surface area (Å²) in [6.07, 6.45) is 1.17. The molecule has 3 heterocycles. The molecule has 0 N–H and O–H groups in total. The highest BCUT2D eigenvalue weighted by Crippen LogP contribution is 2.29. The van der Waals surface area contributed by atoms with Crippen LogP contribution >= 0.6 is 22.9 Å². The molecule has 0 aromatic carbocycles. The van der Waals surface area contributed by atoms with Gasteiger partial charge in [-0.25, -0.2) is 8.42 Å². The highest BCUT2D eigenvalue weighted by atomic mass is 35.5. The molecule has 1 aromatic heterocycles. The van der Waals surface area contributed by atoms with E-state index < -0.39 is 10.0 Å². The second-order valence-electron chi connectivity index (χ2n) is 7.86. The maximum absolute atomic E-state index is 12.9. The molecule has 152 valence electrons. The standard InChI is InChI=1S/C18H28ClN3O3S2/c1-13-10-14(2)12-21(11-13)18(23)15(3)20-6-8-22(9-7-20)27(24,25)17-5-4-16(19)26-17/h4-5,13-15H,6-12H2,1-3H3/t13-,14+,15-/m1/s1. The number of piperidine rings is 1. The summed E-state index contributed by atoms with van der Waals surface area (Å²) >= 11 is 6.97. The van der Waals surface area contributed by atoms with Crippen molar-refractivity contribution < 1.29 is 13.2 Å². The Hall–Kier alpha value is -0.670. The number of hydrogen-bond acceptors (Lipinski definition) is 5. The van der Waals surface area contributed by atoms with Crippen LogP contribution in [0.3, 0.4) is 0 Å². The molecular weight excluding hydrogens is 406 g/mol. The minimum atomic E-state index is -3.50. The molecule has 0 aliphatic carbocycles. The molecule has 27 heavy (non-hydrogen) atoms. The molecule has 0 saturated carbocycles. The molecule has 2 aliphatic heterocycles. The van der Waals surface area contributed by atoms with Gasteiger partial charge in [-0.2, -0.15) is 4.31 Å². The topological polar surface area (TPSA) is 60.9 Å². The fourth-order valence-corrected chi connectivity index (χ4v) is 7.22. The summed E-state index contributed by atoms with van der Waals surface area (Å²) in [5, 5.41) is 0. The fraction of sp³-hybridized carbons (Fsp3) is 0.722. The molecule has 0 bridgehead atoms. The lowest BCUT2D eigenvalue weighted by molar-refractivity contribution is -0.139. The van der Waals surface area contributed by atoms with Gasteiger partial charge in [-0.1, -0.05) is 25.4 Å². The van der Waals surface area contributed by atoms with E-state index in [0.29, 0.717) is 42.4 Å². The Bertz CT molecular complexity index is 765. The maximum Gasteiger partial charge on any atom is 0.252 e. The number of amides is 1. The third-order valence-corrected chi connectivity index (χ3v) is 9.10. The van der Waals surface area contributed by atoms with E-state index in [4.69, 9.17) is 11.6 Å². The van der Waals surface area contributed by atoms with Crippen LogP contribution in [-0.4, -0.2) is 73.7 Å². The van der Waals surface area contributed by atoms with Crippen molar-refractivity contribution in [1.29, 1.82) is 0 Å². The summed E-state index contributed by atoms with van der Waals surface area (Å²) < 4.78 is 27.7. The predicted molar refractivity (Wildman–Crippen MR) is 109 cm³/mol. The van der Waals surface area contributed by atoms with Gasteiger partial charge in [0.05, 0.1) is 10.4 Å². The summed E-state index contributed by atoms with van der Waals surface area (Å²) in [4.78, 5) is 17.0. The molecule has 0 unspecified atom stereocenters. The number of nitrogens with zero attached hydrogens (tertiary/aromatic N) is 3. The molecule has 9 heteroatoms. The van der Waals surface area contributed by atoms with Crippen LogP contribution in [-0.2, 0) is 14.8 Å². The zero-order chi connectivity index (χ0) is 19.8. The number of rotatable bonds is 4. The molecule has 0 spiro atoms. The van der Waals surface area contributed by atoms with Crippen molar-refractivity contribution in [2.45, 2.75) is 37.4 Å². The van der Waals surface area contributed by atoms with Crippen LogP contribution in [0.5, 0.6) is 0 Å². The van der Waals surface area contributed by atoms with Crippen LogP contribution in [0.2, 0.25) is 4.34 Å². The number of sulfonamides is 1. The molecular formula is C18H28ClN3O3S2. The Kier molecular flexibility index (Phi) is 6.52. The van der Waals surface area contributed by atoms with Gasteiger partial charge in [-0.3, -0.25) is 9.69 Å². The van der Waals surface area contributed by atoms with Gasteiger partial charge in [0.15, 0.2) is 0 Å². The van der Waals surface area contributed by atoms with Gasteiger partial charge in [-0.15, -0.1) is 11.3 Å². The summed E-state index contributed by atoms with van der Waals surface area (Å²) in [5.41, 5.74) is 0. The van der Waals surface area contributed by atoms with E-state index in [2.05, 4.69) is 18.7 Å². The summed E-state index contributed by atoms with van der Waals surface area (Å²) in [6, 6.07) is 2.94. The van der Waals surface area contributed by atoms with E-state index in [1.165, 1.54) is 10.7 Å². The zero-order valence-electron chi connectivity index (χ0n) is 16.1. The molecule has 1 aromatic rings. The number of halogens is 1. The second-order valence-corrected chi connectivity index (χ2v) is 11.7. The minimum Gasteiger partial charge on any atom is -0.341 e. The smallest absolute Gasteiger partial charge is 0.252 e. The Morgan fingerprint density at radius 2 is 1.74 bits per heavy atom. The summed E-state index contributed by atoms with van der Waals surface area (Å²) in [5.74, 6) is 1.23. The number of carbonyl (C=O) groups is 1. The van der Waals surface area contributed by atoms with Gasteiger partial charge in [0.2, 0.25) is 5.91 Å². The van der Waals surface area contributed by atoms with E-state index in [1.807, 2.05) is 11.8 Å². The molecule has 2 fully saturated rings. The Labute approximate surface area is 171 Å². The SMILES string of the molecule is C[C@@H]1C[C@H](C)CN(C(=O)[C@@H](C)N2CCN(S(=O)(=O)c3ccc(Cl)s3)CC2)C1. The van der Waals surface area contributed by atoms with Crippen LogP contribution in [0, 0.1) is 11.8 Å². The van der Waals surface area contributed by atoms with Gasteiger partial charge in [-0.05, 0) is 37.3 Å². The average molecular weight is 434 g/mol. The first-order valence-corrected chi connectivity index (χ1v) is 12.1. The highest BCUT2D eigenvalue weighted by molar-refractivity contribution is 7.91. The van der Waals surface area contributed by atoms with Crippen molar-refractivity contribution in [3.05, 3.63) is 16.5 Å². The van der Waals surface area contributed by atoms with Crippen molar-refractivity contribution in [2.24, 2.45) is 11.8 Å². The second kappa shape index (κ2) is 8.37. The van der Waals surface area contributed by atoms with Gasteiger partial charge >= 0.3 is 0 Å². The van der Waals surface area contributed by atoms with Crippen LogP contribution in [0.15, 0.2) is 16.3 Å². The van der Waals surface area contributed by atoms with Crippen LogP contribution in [0.4, 0.5) is 0 Å². The zero-order valence-corrected chi connectivity index (χ0v) is 18.5.